The van der Waals surface area contributed by atoms with Crippen LogP contribution >= 0.6 is 0 Å². The molecular weight excluding hydrogens is 220 g/mol. The molecule has 1 heteroatoms. The van der Waals surface area contributed by atoms with E-state index in [0.717, 1.165) is 13.0 Å². The van der Waals surface area contributed by atoms with Gasteiger partial charge in [0.25, 0.3) is 0 Å². The first-order valence-electron chi connectivity index (χ1n) is 8.18. The lowest BCUT2D eigenvalue weighted by molar-refractivity contribution is 0.248. The van der Waals surface area contributed by atoms with Gasteiger partial charge in [0.2, 0.25) is 0 Å². The summed E-state index contributed by atoms with van der Waals surface area (Å²) < 4.78 is 5.29. The van der Waals surface area contributed by atoms with E-state index in [1.165, 1.54) is 70.6 Å². The van der Waals surface area contributed by atoms with E-state index in [4.69, 9.17) is 4.74 Å². The molecular formula is C17H34O. The van der Waals surface area contributed by atoms with Gasteiger partial charge in [0, 0.05) is 0 Å². The summed E-state index contributed by atoms with van der Waals surface area (Å²) in [5, 5.41) is 0. The van der Waals surface area contributed by atoms with Crippen molar-refractivity contribution in [3.63, 3.8) is 0 Å². The largest absolute Gasteiger partial charge is 0.502 e. The highest BCUT2D eigenvalue weighted by molar-refractivity contribution is 4.73. The van der Waals surface area contributed by atoms with Gasteiger partial charge in [0.1, 0.15) is 0 Å². The number of allylic oxidation sites excluding steroid dienone is 1. The monoisotopic (exact) mass is 254 g/mol. The van der Waals surface area contributed by atoms with E-state index in [1.807, 2.05) is 6.26 Å². The molecule has 0 bridgehead atoms. The molecule has 0 radical (unpaired) electrons. The van der Waals surface area contributed by atoms with Crippen LogP contribution in [-0.2, 0) is 4.74 Å². The van der Waals surface area contributed by atoms with E-state index in [-0.39, 0.29) is 0 Å². The molecule has 0 aliphatic heterocycles. The van der Waals surface area contributed by atoms with Crippen molar-refractivity contribution in [1.29, 1.82) is 0 Å². The van der Waals surface area contributed by atoms with Gasteiger partial charge in [-0.3, -0.25) is 0 Å². The fourth-order valence-corrected chi connectivity index (χ4v) is 2.07. The van der Waals surface area contributed by atoms with Gasteiger partial charge in [-0.25, -0.2) is 0 Å². The molecule has 0 aromatic rings. The molecule has 0 aliphatic carbocycles. The lowest BCUT2D eigenvalue weighted by Gasteiger charge is -2.01. The highest BCUT2D eigenvalue weighted by Gasteiger charge is 1.91. The Labute approximate surface area is 115 Å². The van der Waals surface area contributed by atoms with Crippen LogP contribution in [0.25, 0.3) is 0 Å². The molecule has 0 rings (SSSR count). The second-order valence-corrected chi connectivity index (χ2v) is 5.21. The summed E-state index contributed by atoms with van der Waals surface area (Å²) in [6.45, 7) is 5.27. The summed E-state index contributed by atoms with van der Waals surface area (Å²) in [5.74, 6) is 0. The molecule has 0 atom stereocenters. The van der Waals surface area contributed by atoms with Crippen molar-refractivity contribution in [2.24, 2.45) is 0 Å². The predicted molar refractivity (Wildman–Crippen MR) is 81.8 cm³/mol. The summed E-state index contributed by atoms with van der Waals surface area (Å²) >= 11 is 0. The molecule has 0 N–H and O–H groups in total. The van der Waals surface area contributed by atoms with Crippen molar-refractivity contribution in [2.75, 3.05) is 6.61 Å². The molecule has 0 heterocycles. The zero-order valence-corrected chi connectivity index (χ0v) is 12.8. The normalized spacial score (nSPS) is 11.2. The van der Waals surface area contributed by atoms with Crippen LogP contribution < -0.4 is 0 Å². The minimum absolute atomic E-state index is 0.856. The molecule has 0 unspecified atom stereocenters. The first-order valence-corrected chi connectivity index (χ1v) is 8.18. The molecule has 0 fully saturated rings. The summed E-state index contributed by atoms with van der Waals surface area (Å²) in [6.07, 6.45) is 20.4. The Kier molecular flexibility index (Phi) is 16.1. The Morgan fingerprint density at radius 1 is 0.667 bits per heavy atom. The highest BCUT2D eigenvalue weighted by Crippen LogP contribution is 2.11. The molecule has 0 spiro atoms. The average Bonchev–Trinajstić information content (AvgIpc) is 2.39. The average molecular weight is 254 g/mol. The first-order chi connectivity index (χ1) is 8.91. The van der Waals surface area contributed by atoms with Crippen LogP contribution in [0.4, 0.5) is 0 Å². The van der Waals surface area contributed by atoms with Crippen molar-refractivity contribution in [2.45, 2.75) is 90.9 Å². The van der Waals surface area contributed by atoms with Crippen molar-refractivity contribution >= 4 is 0 Å². The van der Waals surface area contributed by atoms with Gasteiger partial charge in [0.05, 0.1) is 12.9 Å². The Morgan fingerprint density at radius 2 is 1.22 bits per heavy atom. The Hall–Kier alpha value is -0.460. The maximum atomic E-state index is 5.29. The maximum absolute atomic E-state index is 5.29. The minimum atomic E-state index is 0.856. The number of rotatable bonds is 14. The lowest BCUT2D eigenvalue weighted by atomic mass is 10.1. The smallest absolute Gasteiger partial charge is 0.0870 e. The number of unbranched alkanes of at least 4 members (excludes halogenated alkanes) is 10. The van der Waals surface area contributed by atoms with Crippen LogP contribution in [-0.4, -0.2) is 6.61 Å². The van der Waals surface area contributed by atoms with Crippen LogP contribution in [0.1, 0.15) is 90.9 Å². The Morgan fingerprint density at radius 3 is 1.78 bits per heavy atom. The predicted octanol–water partition coefficient (Wildman–Crippen LogP) is 6.24. The summed E-state index contributed by atoms with van der Waals surface area (Å²) in [6, 6.07) is 0. The highest BCUT2D eigenvalue weighted by atomic mass is 16.5. The fraction of sp³-hybridized carbons (Fsp3) is 0.882. The van der Waals surface area contributed by atoms with Gasteiger partial charge in [-0.05, 0) is 25.3 Å². The van der Waals surface area contributed by atoms with Crippen molar-refractivity contribution < 1.29 is 4.74 Å². The molecule has 108 valence electrons. The van der Waals surface area contributed by atoms with Gasteiger partial charge in [-0.15, -0.1) is 0 Å². The zero-order valence-electron chi connectivity index (χ0n) is 12.8. The summed E-state index contributed by atoms with van der Waals surface area (Å²) in [4.78, 5) is 0. The second-order valence-electron chi connectivity index (χ2n) is 5.21. The van der Waals surface area contributed by atoms with Crippen LogP contribution in [0.15, 0.2) is 12.3 Å². The number of hydrogen-bond acceptors (Lipinski definition) is 1. The molecule has 0 aromatic heterocycles. The van der Waals surface area contributed by atoms with E-state index in [1.54, 1.807) is 0 Å². The van der Waals surface area contributed by atoms with Crippen LogP contribution in [0.3, 0.4) is 0 Å². The third-order valence-corrected chi connectivity index (χ3v) is 3.24. The topological polar surface area (TPSA) is 9.23 Å². The van der Waals surface area contributed by atoms with Crippen molar-refractivity contribution in [3.05, 3.63) is 12.3 Å². The molecule has 0 saturated carbocycles. The third-order valence-electron chi connectivity index (χ3n) is 3.24. The third kappa shape index (κ3) is 15.5. The van der Waals surface area contributed by atoms with E-state index < -0.39 is 0 Å². The quantitative estimate of drug-likeness (QED) is 0.263. The SMILES string of the molecule is CCCCCCCCCCCC/C=C/OCCC. The van der Waals surface area contributed by atoms with E-state index >= 15 is 0 Å². The number of ether oxygens (including phenoxy) is 1. The maximum Gasteiger partial charge on any atom is 0.0870 e. The zero-order chi connectivity index (χ0) is 13.3. The Balaban J connectivity index is 2.96. The van der Waals surface area contributed by atoms with Crippen LogP contribution in [0, 0.1) is 0 Å². The molecule has 1 nitrogen and oxygen atoms in total. The van der Waals surface area contributed by atoms with Crippen molar-refractivity contribution in [1.82, 2.24) is 0 Å². The summed E-state index contributed by atoms with van der Waals surface area (Å²) in [7, 11) is 0. The van der Waals surface area contributed by atoms with E-state index in [2.05, 4.69) is 19.9 Å². The molecule has 0 aliphatic rings. The van der Waals surface area contributed by atoms with Crippen LogP contribution in [0.2, 0.25) is 0 Å². The van der Waals surface area contributed by atoms with Gasteiger partial charge in [-0.1, -0.05) is 71.6 Å². The van der Waals surface area contributed by atoms with E-state index in [9.17, 15) is 0 Å². The lowest BCUT2D eigenvalue weighted by Crippen LogP contribution is -1.83. The molecule has 18 heavy (non-hydrogen) atoms. The minimum Gasteiger partial charge on any atom is -0.502 e. The summed E-state index contributed by atoms with van der Waals surface area (Å²) in [5.41, 5.74) is 0. The Bertz CT molecular complexity index is 163. The second kappa shape index (κ2) is 16.5. The number of hydrogen-bond donors (Lipinski definition) is 0. The van der Waals surface area contributed by atoms with Gasteiger partial charge < -0.3 is 4.74 Å². The fourth-order valence-electron chi connectivity index (χ4n) is 2.07. The molecule has 0 aromatic carbocycles. The van der Waals surface area contributed by atoms with Gasteiger partial charge >= 0.3 is 0 Å². The molecule has 0 saturated heterocycles. The van der Waals surface area contributed by atoms with Crippen molar-refractivity contribution in [3.8, 4) is 0 Å². The van der Waals surface area contributed by atoms with Gasteiger partial charge in [0.15, 0.2) is 0 Å². The van der Waals surface area contributed by atoms with Crippen LogP contribution in [0.5, 0.6) is 0 Å². The standard InChI is InChI=1S/C17H34O/c1-3-5-6-7-8-9-10-11-12-13-14-15-17-18-16-4-2/h15,17H,3-14,16H2,1-2H3/b17-15+. The first kappa shape index (κ1) is 17.5. The van der Waals surface area contributed by atoms with Gasteiger partial charge in [-0.2, -0.15) is 0 Å². The molecule has 0 amide bonds. The van der Waals surface area contributed by atoms with E-state index in [0.29, 0.717) is 0 Å².